The topological polar surface area (TPSA) is 32.3 Å². The van der Waals surface area contributed by atoms with E-state index in [9.17, 15) is 18.0 Å². The maximum Gasteiger partial charge on any atom is 0.257 e. The minimum absolute atomic E-state index is 0.0139. The molecule has 1 aliphatic rings. The highest BCUT2D eigenvalue weighted by atomic mass is 19.2. The summed E-state index contributed by atoms with van der Waals surface area (Å²) in [6.45, 7) is 3.63. The van der Waals surface area contributed by atoms with E-state index in [0.717, 1.165) is 12.1 Å². The van der Waals surface area contributed by atoms with Gasteiger partial charge in [0.05, 0.1) is 11.6 Å². The highest BCUT2D eigenvalue weighted by Gasteiger charge is 2.31. The van der Waals surface area contributed by atoms with E-state index in [1.54, 1.807) is 0 Å². The van der Waals surface area contributed by atoms with Gasteiger partial charge in [-0.05, 0) is 18.6 Å². The van der Waals surface area contributed by atoms with E-state index >= 15 is 0 Å². The Balaban J connectivity index is 2.28. The fraction of sp³-hybridized carbons (Fsp3) is 0.462. The quantitative estimate of drug-likeness (QED) is 0.849. The number of benzene rings is 1. The highest BCUT2D eigenvalue weighted by molar-refractivity contribution is 5.94. The summed E-state index contributed by atoms with van der Waals surface area (Å²) in [6, 6.07) is 1.75. The van der Waals surface area contributed by atoms with Crippen LogP contribution in [0.5, 0.6) is 0 Å². The predicted octanol–water partition coefficient (Wildman–Crippen LogP) is 1.93. The second-order valence-electron chi connectivity index (χ2n) is 4.53. The zero-order valence-corrected chi connectivity index (χ0v) is 10.5. The molecule has 0 aromatic heterocycles. The SMILES string of the molecule is CCCN(C(=O)c1ccc(F)c(F)c1F)C1CNC1. The van der Waals surface area contributed by atoms with Crippen molar-refractivity contribution in [1.29, 1.82) is 0 Å². The van der Waals surface area contributed by atoms with Gasteiger partial charge in [0.1, 0.15) is 0 Å². The third-order valence-electron chi connectivity index (χ3n) is 3.19. The average Bonchev–Trinajstić information content (AvgIpc) is 2.33. The van der Waals surface area contributed by atoms with Crippen molar-refractivity contribution in [2.75, 3.05) is 19.6 Å². The molecule has 1 heterocycles. The maximum absolute atomic E-state index is 13.6. The number of carbonyl (C=O) groups excluding carboxylic acids is 1. The molecular weight excluding hydrogens is 257 g/mol. The average molecular weight is 272 g/mol. The molecule has 1 aromatic carbocycles. The normalized spacial score (nSPS) is 15.2. The molecule has 1 aliphatic heterocycles. The lowest BCUT2D eigenvalue weighted by Gasteiger charge is -2.38. The molecule has 1 aromatic rings. The number of nitrogens with one attached hydrogen (secondary N) is 1. The van der Waals surface area contributed by atoms with Gasteiger partial charge in [-0.15, -0.1) is 0 Å². The van der Waals surface area contributed by atoms with Crippen LogP contribution >= 0.6 is 0 Å². The molecule has 1 fully saturated rings. The van der Waals surface area contributed by atoms with E-state index < -0.39 is 28.9 Å². The van der Waals surface area contributed by atoms with Crippen LogP contribution in [-0.4, -0.2) is 36.5 Å². The summed E-state index contributed by atoms with van der Waals surface area (Å²) in [5, 5.41) is 3.02. The van der Waals surface area contributed by atoms with Gasteiger partial charge in [-0.25, -0.2) is 13.2 Å². The number of halogens is 3. The smallest absolute Gasteiger partial charge is 0.257 e. The van der Waals surface area contributed by atoms with Gasteiger partial charge in [0.25, 0.3) is 5.91 Å². The van der Waals surface area contributed by atoms with Gasteiger partial charge in [-0.3, -0.25) is 4.79 Å². The third-order valence-corrected chi connectivity index (χ3v) is 3.19. The van der Waals surface area contributed by atoms with Crippen LogP contribution in [0.4, 0.5) is 13.2 Å². The fourth-order valence-electron chi connectivity index (χ4n) is 2.03. The van der Waals surface area contributed by atoms with Crippen molar-refractivity contribution >= 4 is 5.91 Å². The molecule has 104 valence electrons. The molecule has 1 amide bonds. The Kier molecular flexibility index (Phi) is 4.09. The minimum atomic E-state index is -1.60. The van der Waals surface area contributed by atoms with Crippen LogP contribution in [0.1, 0.15) is 23.7 Å². The number of hydrogen-bond donors (Lipinski definition) is 1. The van der Waals surface area contributed by atoms with Gasteiger partial charge in [0.15, 0.2) is 17.5 Å². The van der Waals surface area contributed by atoms with E-state index in [-0.39, 0.29) is 6.04 Å². The zero-order valence-electron chi connectivity index (χ0n) is 10.5. The second-order valence-corrected chi connectivity index (χ2v) is 4.53. The lowest BCUT2D eigenvalue weighted by Crippen LogP contribution is -2.59. The number of hydrogen-bond acceptors (Lipinski definition) is 2. The fourth-order valence-corrected chi connectivity index (χ4v) is 2.03. The molecule has 0 spiro atoms. The minimum Gasteiger partial charge on any atom is -0.333 e. The van der Waals surface area contributed by atoms with Crippen LogP contribution in [0.15, 0.2) is 12.1 Å². The first-order valence-corrected chi connectivity index (χ1v) is 6.21. The first kappa shape index (κ1) is 13.9. The maximum atomic E-state index is 13.6. The third kappa shape index (κ3) is 2.58. The van der Waals surface area contributed by atoms with Crippen molar-refractivity contribution < 1.29 is 18.0 Å². The largest absolute Gasteiger partial charge is 0.333 e. The van der Waals surface area contributed by atoms with Crippen molar-refractivity contribution in [1.82, 2.24) is 10.2 Å². The molecule has 1 saturated heterocycles. The standard InChI is InChI=1S/C13H15F3N2O/c1-2-5-18(8-6-17-7-8)13(19)9-3-4-10(14)12(16)11(9)15/h3-4,8,17H,2,5-7H2,1H3. The summed E-state index contributed by atoms with van der Waals surface area (Å²) in [6.07, 6.45) is 0.716. The van der Waals surface area contributed by atoms with Crippen LogP contribution in [0.25, 0.3) is 0 Å². The Morgan fingerprint density at radius 3 is 2.53 bits per heavy atom. The lowest BCUT2D eigenvalue weighted by molar-refractivity contribution is 0.0609. The number of nitrogens with zero attached hydrogens (tertiary/aromatic N) is 1. The van der Waals surface area contributed by atoms with E-state index in [2.05, 4.69) is 5.32 Å². The summed E-state index contributed by atoms with van der Waals surface area (Å²) in [5.74, 6) is -4.90. The molecule has 0 atom stereocenters. The molecule has 0 saturated carbocycles. The van der Waals surface area contributed by atoms with Gasteiger partial charge in [-0.2, -0.15) is 0 Å². The molecule has 0 bridgehead atoms. The second kappa shape index (κ2) is 5.61. The van der Waals surface area contributed by atoms with Crippen LogP contribution in [0.2, 0.25) is 0 Å². The number of rotatable bonds is 4. The first-order valence-electron chi connectivity index (χ1n) is 6.21. The van der Waals surface area contributed by atoms with Crippen molar-refractivity contribution in [3.05, 3.63) is 35.1 Å². The van der Waals surface area contributed by atoms with Crippen LogP contribution in [-0.2, 0) is 0 Å². The van der Waals surface area contributed by atoms with Crippen LogP contribution in [0.3, 0.4) is 0 Å². The number of carbonyl (C=O) groups is 1. The van der Waals surface area contributed by atoms with Gasteiger partial charge in [0.2, 0.25) is 0 Å². The van der Waals surface area contributed by atoms with Crippen molar-refractivity contribution in [3.63, 3.8) is 0 Å². The Hall–Kier alpha value is -1.56. The summed E-state index contributed by atoms with van der Waals surface area (Å²) >= 11 is 0. The first-order chi connectivity index (χ1) is 9.06. The molecule has 2 rings (SSSR count). The van der Waals surface area contributed by atoms with E-state index in [0.29, 0.717) is 26.1 Å². The van der Waals surface area contributed by atoms with Crippen LogP contribution in [0, 0.1) is 17.5 Å². The Labute approximate surface area is 109 Å². The Bertz CT molecular complexity index is 489. The summed E-state index contributed by atoms with van der Waals surface area (Å²) in [5.41, 5.74) is -0.417. The summed E-state index contributed by atoms with van der Waals surface area (Å²) in [7, 11) is 0. The lowest BCUT2D eigenvalue weighted by atomic mass is 10.1. The molecule has 0 aliphatic carbocycles. The van der Waals surface area contributed by atoms with Gasteiger partial charge in [-0.1, -0.05) is 6.92 Å². The molecule has 1 N–H and O–H groups in total. The van der Waals surface area contributed by atoms with Gasteiger partial charge >= 0.3 is 0 Å². The van der Waals surface area contributed by atoms with Crippen molar-refractivity contribution in [3.8, 4) is 0 Å². The Morgan fingerprint density at radius 2 is 2.00 bits per heavy atom. The van der Waals surface area contributed by atoms with Gasteiger partial charge in [0, 0.05) is 19.6 Å². The molecule has 6 heteroatoms. The Morgan fingerprint density at radius 1 is 1.32 bits per heavy atom. The predicted molar refractivity (Wildman–Crippen MR) is 64.3 cm³/mol. The number of amides is 1. The molecule has 3 nitrogen and oxygen atoms in total. The van der Waals surface area contributed by atoms with E-state index in [4.69, 9.17) is 0 Å². The highest BCUT2D eigenvalue weighted by Crippen LogP contribution is 2.19. The van der Waals surface area contributed by atoms with Crippen LogP contribution < -0.4 is 5.32 Å². The zero-order chi connectivity index (χ0) is 14.0. The molecule has 0 unspecified atom stereocenters. The molecular formula is C13H15F3N2O. The molecule has 0 radical (unpaired) electrons. The van der Waals surface area contributed by atoms with Crippen molar-refractivity contribution in [2.45, 2.75) is 19.4 Å². The van der Waals surface area contributed by atoms with E-state index in [1.807, 2.05) is 6.92 Å². The van der Waals surface area contributed by atoms with Crippen molar-refractivity contribution in [2.24, 2.45) is 0 Å². The summed E-state index contributed by atoms with van der Waals surface area (Å²) < 4.78 is 39.6. The van der Waals surface area contributed by atoms with E-state index in [1.165, 1.54) is 4.90 Å². The van der Waals surface area contributed by atoms with Gasteiger partial charge < -0.3 is 10.2 Å². The summed E-state index contributed by atoms with van der Waals surface area (Å²) in [4.78, 5) is 13.7. The monoisotopic (exact) mass is 272 g/mol. The molecule has 19 heavy (non-hydrogen) atoms.